The van der Waals surface area contributed by atoms with Crippen molar-refractivity contribution in [2.24, 2.45) is 5.92 Å². The third kappa shape index (κ3) is 5.85. The molecule has 0 atom stereocenters. The van der Waals surface area contributed by atoms with Gasteiger partial charge in [-0.25, -0.2) is 4.98 Å². The minimum absolute atomic E-state index is 0.153. The smallest absolute Gasteiger partial charge is 0.310 e. The van der Waals surface area contributed by atoms with Gasteiger partial charge in [0.25, 0.3) is 0 Å². The van der Waals surface area contributed by atoms with E-state index in [0.29, 0.717) is 24.2 Å². The second-order valence-electron chi connectivity index (χ2n) is 7.91. The van der Waals surface area contributed by atoms with Gasteiger partial charge in [-0.05, 0) is 74.1 Å². The quantitative estimate of drug-likeness (QED) is 0.340. The molecule has 1 aliphatic rings. The largest absolute Gasteiger partial charge is 0.494 e. The molecule has 0 radical (unpaired) electrons. The molecule has 3 aromatic rings. The summed E-state index contributed by atoms with van der Waals surface area (Å²) >= 11 is 14.0. The first-order chi connectivity index (χ1) is 15.5. The molecule has 0 amide bonds. The van der Waals surface area contributed by atoms with Gasteiger partial charge >= 0.3 is 5.97 Å². The van der Waals surface area contributed by atoms with Crippen LogP contribution in [-0.4, -0.2) is 37.3 Å². The summed E-state index contributed by atoms with van der Waals surface area (Å²) in [6.45, 7) is 4.80. The van der Waals surface area contributed by atoms with E-state index in [9.17, 15) is 4.79 Å². The number of halogens is 2. The highest BCUT2D eigenvalue weighted by molar-refractivity contribution is 7.22. The molecule has 1 fully saturated rings. The lowest BCUT2D eigenvalue weighted by Gasteiger charge is -2.31. The van der Waals surface area contributed by atoms with Crippen LogP contribution in [0.15, 0.2) is 36.4 Å². The van der Waals surface area contributed by atoms with Gasteiger partial charge in [0, 0.05) is 23.1 Å². The average Bonchev–Trinajstić information content (AvgIpc) is 3.20. The highest BCUT2D eigenvalue weighted by atomic mass is 35.5. The fourth-order valence-corrected chi connectivity index (χ4v) is 5.40. The molecule has 0 saturated carbocycles. The Labute approximate surface area is 202 Å². The zero-order chi connectivity index (χ0) is 22.5. The molecule has 1 aliphatic heterocycles. The number of hydrogen-bond acceptors (Lipinski definition) is 6. The number of piperidine rings is 1. The Morgan fingerprint density at radius 1 is 1.19 bits per heavy atom. The predicted octanol–water partition coefficient (Wildman–Crippen LogP) is 6.39. The lowest BCUT2D eigenvalue weighted by molar-refractivity contribution is -0.142. The van der Waals surface area contributed by atoms with E-state index in [2.05, 4.69) is 4.90 Å². The third-order valence-corrected chi connectivity index (χ3v) is 7.36. The number of benzene rings is 2. The van der Waals surface area contributed by atoms with E-state index in [-0.39, 0.29) is 12.4 Å². The molecular weight excluding hydrogens is 467 g/mol. The molecule has 0 N–H and O–H groups in total. The molecule has 32 heavy (non-hydrogen) atoms. The van der Waals surface area contributed by atoms with E-state index in [1.165, 1.54) is 0 Å². The van der Waals surface area contributed by atoms with Crippen LogP contribution >= 0.6 is 34.5 Å². The van der Waals surface area contributed by atoms with Crippen molar-refractivity contribution in [3.63, 3.8) is 0 Å². The maximum Gasteiger partial charge on any atom is 0.310 e. The SMILES string of the molecule is CCOC(=O)Cc1cc(OCCC2CCN(c3nc4ccc(Cl)cc4s3)CC2)ccc1Cl. The normalized spacial score (nSPS) is 14.7. The molecule has 0 aliphatic carbocycles. The first-order valence-corrected chi connectivity index (χ1v) is 12.5. The van der Waals surface area contributed by atoms with Crippen molar-refractivity contribution < 1.29 is 14.3 Å². The maximum absolute atomic E-state index is 11.8. The zero-order valence-electron chi connectivity index (χ0n) is 18.0. The Hall–Kier alpha value is -2.02. The Bertz CT molecular complexity index is 1080. The number of anilines is 1. The molecule has 0 spiro atoms. The van der Waals surface area contributed by atoms with E-state index in [4.69, 9.17) is 37.7 Å². The van der Waals surface area contributed by atoms with Crippen molar-refractivity contribution in [3.05, 3.63) is 52.0 Å². The van der Waals surface area contributed by atoms with E-state index >= 15 is 0 Å². The van der Waals surface area contributed by atoms with E-state index < -0.39 is 0 Å². The lowest BCUT2D eigenvalue weighted by atomic mass is 9.94. The van der Waals surface area contributed by atoms with Crippen molar-refractivity contribution in [1.82, 2.24) is 4.98 Å². The number of thiazole rings is 1. The Kier molecular flexibility index (Phi) is 7.76. The van der Waals surface area contributed by atoms with Crippen molar-refractivity contribution >= 4 is 55.9 Å². The van der Waals surface area contributed by atoms with Crippen LogP contribution in [0, 0.1) is 5.92 Å². The topological polar surface area (TPSA) is 51.7 Å². The van der Waals surface area contributed by atoms with Gasteiger partial charge in [0.1, 0.15) is 5.75 Å². The van der Waals surface area contributed by atoms with E-state index in [0.717, 1.165) is 64.0 Å². The number of nitrogens with zero attached hydrogens (tertiary/aromatic N) is 2. The van der Waals surface area contributed by atoms with Crippen LogP contribution in [-0.2, 0) is 16.0 Å². The summed E-state index contributed by atoms with van der Waals surface area (Å²) in [7, 11) is 0. The highest BCUT2D eigenvalue weighted by Gasteiger charge is 2.22. The summed E-state index contributed by atoms with van der Waals surface area (Å²) in [4.78, 5) is 18.9. The average molecular weight is 493 g/mol. The molecule has 1 saturated heterocycles. The summed E-state index contributed by atoms with van der Waals surface area (Å²) < 4.78 is 12.1. The van der Waals surface area contributed by atoms with Crippen molar-refractivity contribution in [3.8, 4) is 5.75 Å². The van der Waals surface area contributed by atoms with Gasteiger partial charge in [-0.3, -0.25) is 4.79 Å². The van der Waals surface area contributed by atoms with Gasteiger partial charge in [-0.15, -0.1) is 0 Å². The Morgan fingerprint density at radius 2 is 2.00 bits per heavy atom. The van der Waals surface area contributed by atoms with Gasteiger partial charge in [0.05, 0.1) is 29.9 Å². The van der Waals surface area contributed by atoms with Gasteiger partial charge in [0.15, 0.2) is 5.13 Å². The number of rotatable bonds is 8. The maximum atomic E-state index is 11.8. The van der Waals surface area contributed by atoms with Crippen molar-refractivity contribution in [2.75, 3.05) is 31.2 Å². The number of carbonyl (C=O) groups excluding carboxylic acids is 1. The summed E-state index contributed by atoms with van der Waals surface area (Å²) in [5.41, 5.74) is 1.74. The van der Waals surface area contributed by atoms with Crippen LogP contribution in [0.2, 0.25) is 10.0 Å². The Morgan fingerprint density at radius 3 is 2.78 bits per heavy atom. The summed E-state index contributed by atoms with van der Waals surface area (Å²) in [5, 5.41) is 2.38. The van der Waals surface area contributed by atoms with Crippen LogP contribution in [0.5, 0.6) is 5.75 Å². The van der Waals surface area contributed by atoms with Crippen molar-refractivity contribution in [2.45, 2.75) is 32.6 Å². The minimum atomic E-state index is -0.283. The van der Waals surface area contributed by atoms with Crippen molar-refractivity contribution in [1.29, 1.82) is 0 Å². The fraction of sp³-hybridized carbons (Fsp3) is 0.417. The summed E-state index contributed by atoms with van der Waals surface area (Å²) in [6.07, 6.45) is 3.39. The van der Waals surface area contributed by atoms with Crippen LogP contribution in [0.4, 0.5) is 5.13 Å². The van der Waals surface area contributed by atoms with Gasteiger partial charge in [0.2, 0.25) is 0 Å². The number of carbonyl (C=O) groups is 1. The summed E-state index contributed by atoms with van der Waals surface area (Å²) in [6, 6.07) is 11.3. The molecule has 1 aromatic heterocycles. The van der Waals surface area contributed by atoms with Crippen LogP contribution in [0.25, 0.3) is 10.2 Å². The molecular formula is C24H26Cl2N2O3S. The van der Waals surface area contributed by atoms with Crippen LogP contribution in [0.3, 0.4) is 0 Å². The fourth-order valence-electron chi connectivity index (χ4n) is 3.92. The minimum Gasteiger partial charge on any atom is -0.494 e. The van der Waals surface area contributed by atoms with Gasteiger partial charge in [-0.1, -0.05) is 34.5 Å². The van der Waals surface area contributed by atoms with E-state index in [1.54, 1.807) is 24.3 Å². The molecule has 4 rings (SSSR count). The molecule has 0 bridgehead atoms. The monoisotopic (exact) mass is 492 g/mol. The van der Waals surface area contributed by atoms with Gasteiger partial charge in [-0.2, -0.15) is 0 Å². The lowest BCUT2D eigenvalue weighted by Crippen LogP contribution is -2.34. The number of fused-ring (bicyclic) bond motifs is 1. The Balaban J connectivity index is 1.25. The molecule has 2 heterocycles. The predicted molar refractivity (Wildman–Crippen MR) is 131 cm³/mol. The molecule has 2 aromatic carbocycles. The molecule has 5 nitrogen and oxygen atoms in total. The molecule has 0 unspecified atom stereocenters. The number of esters is 1. The number of hydrogen-bond donors (Lipinski definition) is 0. The van der Waals surface area contributed by atoms with Gasteiger partial charge < -0.3 is 14.4 Å². The number of aromatic nitrogens is 1. The first-order valence-electron chi connectivity index (χ1n) is 10.9. The molecule has 8 heteroatoms. The van der Waals surface area contributed by atoms with Crippen LogP contribution < -0.4 is 9.64 Å². The molecule has 170 valence electrons. The third-order valence-electron chi connectivity index (χ3n) is 5.68. The van der Waals surface area contributed by atoms with E-state index in [1.807, 2.05) is 30.3 Å². The number of ether oxygens (including phenoxy) is 2. The first kappa shape index (κ1) is 23.1. The van der Waals surface area contributed by atoms with Crippen LogP contribution in [0.1, 0.15) is 31.7 Å². The second kappa shape index (κ2) is 10.7. The highest BCUT2D eigenvalue weighted by Crippen LogP contribution is 2.33. The zero-order valence-corrected chi connectivity index (χ0v) is 20.3. The second-order valence-corrected chi connectivity index (χ2v) is 9.76. The standard InChI is InChI=1S/C24H26Cl2N2O3S/c1-2-30-23(29)14-17-13-19(4-5-20(17)26)31-12-9-16-7-10-28(11-8-16)24-27-21-6-3-18(25)15-22(21)32-24/h3-6,13,15-16H,2,7-12,14H2,1H3. The summed E-state index contributed by atoms with van der Waals surface area (Å²) in [5.74, 6) is 1.08.